The van der Waals surface area contributed by atoms with Crippen molar-refractivity contribution >= 4 is 24.0 Å². The van der Waals surface area contributed by atoms with Crippen LogP contribution in [0.25, 0.3) is 33.6 Å². The minimum Gasteiger partial charge on any atom is -0.465 e. The van der Waals surface area contributed by atoms with Gasteiger partial charge < -0.3 is 34.9 Å². The maximum atomic E-state index is 13.2. The molecule has 0 aliphatic carbocycles. The fourth-order valence-corrected chi connectivity index (χ4v) is 7.23. The molecule has 3 fully saturated rings. The van der Waals surface area contributed by atoms with Crippen molar-refractivity contribution in [2.24, 2.45) is 0 Å². The molecule has 2 aromatic carbocycles. The van der Waals surface area contributed by atoms with Gasteiger partial charge in [0.2, 0.25) is 11.8 Å². The van der Waals surface area contributed by atoms with Crippen LogP contribution in [0.1, 0.15) is 62.8 Å². The number of H-pyrrole nitrogens is 2. The second-order valence-electron chi connectivity index (χ2n) is 13.0. The number of carbonyl (C=O) groups excluding carboxylic acids is 3. The number of methoxy groups -OCH3 is 1. The molecule has 7 rings (SSSR count). The number of carbonyl (C=O) groups is 4. The standard InChI is InChI=1S/C36H40N8O6/c1-21(39-35(47)50-2)33(45)42-16-3-5-28(42)31-37-19-26(40-31)24-11-7-22(8-12-24)23-9-13-25(14-10-23)27-20-38-32(41-27)29-6-4-17-43(29)34(46)30-15-18-44(30)36(48)49/h7-14,19-21,28-30H,3-6,15-18H2,1-2H3,(H,37,40)(H,38,41)(H,39,47)(H,48,49)/t21-,28-,29-,30-/m0/s1. The number of amides is 4. The van der Waals surface area contributed by atoms with Gasteiger partial charge in [0, 0.05) is 19.6 Å². The molecule has 0 saturated carbocycles. The lowest BCUT2D eigenvalue weighted by Crippen LogP contribution is -2.58. The Labute approximate surface area is 288 Å². The van der Waals surface area contributed by atoms with E-state index in [1.165, 1.54) is 12.0 Å². The minimum absolute atomic E-state index is 0.143. The number of aromatic nitrogens is 4. The summed E-state index contributed by atoms with van der Waals surface area (Å²) in [7, 11) is 1.27. The van der Waals surface area contributed by atoms with Crippen LogP contribution in [0.2, 0.25) is 0 Å². The molecule has 0 unspecified atom stereocenters. The van der Waals surface area contributed by atoms with E-state index in [2.05, 4.69) is 54.3 Å². The summed E-state index contributed by atoms with van der Waals surface area (Å²) >= 11 is 0. The van der Waals surface area contributed by atoms with Gasteiger partial charge in [-0.3, -0.25) is 14.5 Å². The number of nitrogens with zero attached hydrogens (tertiary/aromatic N) is 5. The molecule has 14 heteroatoms. The van der Waals surface area contributed by atoms with E-state index >= 15 is 0 Å². The van der Waals surface area contributed by atoms with Gasteiger partial charge in [-0.05, 0) is 61.3 Å². The molecule has 0 radical (unpaired) electrons. The predicted octanol–water partition coefficient (Wildman–Crippen LogP) is 4.96. The average Bonchev–Trinajstić information content (AvgIpc) is 3.93. The molecule has 50 heavy (non-hydrogen) atoms. The molecule has 14 nitrogen and oxygen atoms in total. The van der Waals surface area contributed by atoms with Crippen LogP contribution in [-0.2, 0) is 14.3 Å². The van der Waals surface area contributed by atoms with Crippen molar-refractivity contribution in [3.8, 4) is 33.6 Å². The minimum atomic E-state index is -1.05. The van der Waals surface area contributed by atoms with Crippen molar-refractivity contribution in [3.63, 3.8) is 0 Å². The SMILES string of the molecule is COC(=O)N[C@@H](C)C(=O)N1CCC[C@H]1c1ncc(-c2ccc(-c3ccc(-c4cnc([C@@H]5CCCN5C(=O)[C@@H]5CCN5C(=O)O)[nH]4)cc3)cc2)[nH]1. The van der Waals surface area contributed by atoms with Crippen LogP contribution in [0.5, 0.6) is 0 Å². The molecule has 4 N–H and O–H groups in total. The third-order valence-electron chi connectivity index (χ3n) is 10.1. The Balaban J connectivity index is 0.992. The second-order valence-corrected chi connectivity index (χ2v) is 13.0. The third-order valence-corrected chi connectivity index (χ3v) is 10.1. The Bertz CT molecular complexity index is 1890. The maximum Gasteiger partial charge on any atom is 0.407 e. The zero-order valence-corrected chi connectivity index (χ0v) is 28.0. The van der Waals surface area contributed by atoms with E-state index in [1.54, 1.807) is 29.1 Å². The fraction of sp³-hybridized carbons (Fsp3) is 0.389. The smallest absolute Gasteiger partial charge is 0.407 e. The average molecular weight is 681 g/mol. The lowest BCUT2D eigenvalue weighted by Gasteiger charge is -2.40. The molecule has 3 aliphatic heterocycles. The first-order valence-corrected chi connectivity index (χ1v) is 17.0. The highest BCUT2D eigenvalue weighted by molar-refractivity contribution is 5.87. The Morgan fingerprint density at radius 2 is 1.26 bits per heavy atom. The highest BCUT2D eigenvalue weighted by atomic mass is 16.5. The van der Waals surface area contributed by atoms with Crippen molar-refractivity contribution in [3.05, 3.63) is 72.6 Å². The Morgan fingerprint density at radius 3 is 1.74 bits per heavy atom. The number of carboxylic acid groups (broad SMARTS) is 1. The normalized spacial score (nSPS) is 20.8. The maximum absolute atomic E-state index is 13.2. The van der Waals surface area contributed by atoms with E-state index in [0.29, 0.717) is 37.7 Å². The molecule has 0 spiro atoms. The van der Waals surface area contributed by atoms with Crippen LogP contribution < -0.4 is 5.32 Å². The summed E-state index contributed by atoms with van der Waals surface area (Å²) in [6, 6.07) is 14.7. The first kappa shape index (κ1) is 32.9. The second kappa shape index (κ2) is 13.7. The van der Waals surface area contributed by atoms with E-state index in [9.17, 15) is 24.3 Å². The van der Waals surface area contributed by atoms with Gasteiger partial charge in [0.15, 0.2) is 0 Å². The molecule has 4 atom stereocenters. The summed E-state index contributed by atoms with van der Waals surface area (Å²) in [5.74, 6) is 1.11. The largest absolute Gasteiger partial charge is 0.465 e. The van der Waals surface area contributed by atoms with Gasteiger partial charge in [-0.25, -0.2) is 19.6 Å². The summed E-state index contributed by atoms with van der Waals surface area (Å²) in [5, 5.41) is 11.9. The van der Waals surface area contributed by atoms with Gasteiger partial charge in [-0.1, -0.05) is 48.5 Å². The highest BCUT2D eigenvalue weighted by Crippen LogP contribution is 2.35. The fourth-order valence-electron chi connectivity index (χ4n) is 7.23. The van der Waals surface area contributed by atoms with Crippen molar-refractivity contribution < 1.29 is 29.0 Å². The predicted molar refractivity (Wildman–Crippen MR) is 183 cm³/mol. The lowest BCUT2D eigenvalue weighted by molar-refractivity contribution is -0.141. The van der Waals surface area contributed by atoms with Crippen molar-refractivity contribution in [1.29, 1.82) is 0 Å². The monoisotopic (exact) mass is 680 g/mol. The van der Waals surface area contributed by atoms with E-state index in [-0.39, 0.29) is 23.9 Å². The Hall–Kier alpha value is -5.66. The number of benzene rings is 2. The van der Waals surface area contributed by atoms with Crippen LogP contribution in [0.15, 0.2) is 60.9 Å². The van der Waals surface area contributed by atoms with Gasteiger partial charge in [0.1, 0.15) is 23.7 Å². The van der Waals surface area contributed by atoms with E-state index in [4.69, 9.17) is 0 Å². The van der Waals surface area contributed by atoms with Gasteiger partial charge in [-0.15, -0.1) is 0 Å². The summed E-state index contributed by atoms with van der Waals surface area (Å²) < 4.78 is 4.63. The summed E-state index contributed by atoms with van der Waals surface area (Å²) in [5.41, 5.74) is 5.75. The molecule has 3 saturated heterocycles. The van der Waals surface area contributed by atoms with Gasteiger partial charge in [0.25, 0.3) is 0 Å². The first-order chi connectivity index (χ1) is 24.2. The van der Waals surface area contributed by atoms with Crippen molar-refractivity contribution in [2.45, 2.75) is 63.2 Å². The highest BCUT2D eigenvalue weighted by Gasteiger charge is 2.43. The topological polar surface area (TPSA) is 177 Å². The van der Waals surface area contributed by atoms with Crippen LogP contribution in [0, 0.1) is 0 Å². The molecule has 0 bridgehead atoms. The Morgan fingerprint density at radius 1 is 0.760 bits per heavy atom. The molecular formula is C36H40N8O6. The van der Waals surface area contributed by atoms with Crippen molar-refractivity contribution in [1.82, 2.24) is 40.0 Å². The quantitative estimate of drug-likeness (QED) is 0.202. The number of rotatable bonds is 8. The summed E-state index contributed by atoms with van der Waals surface area (Å²) in [6.45, 7) is 3.23. The molecular weight excluding hydrogens is 640 g/mol. The Kier molecular flexibility index (Phi) is 9.00. The van der Waals surface area contributed by atoms with Crippen LogP contribution in [-0.4, -0.2) is 103 Å². The zero-order chi connectivity index (χ0) is 34.9. The van der Waals surface area contributed by atoms with Crippen LogP contribution in [0.4, 0.5) is 9.59 Å². The summed E-state index contributed by atoms with van der Waals surface area (Å²) in [6.07, 6.45) is 5.69. The van der Waals surface area contributed by atoms with Crippen molar-refractivity contribution in [2.75, 3.05) is 26.7 Å². The van der Waals surface area contributed by atoms with Gasteiger partial charge in [-0.2, -0.15) is 0 Å². The number of aromatic amines is 2. The zero-order valence-electron chi connectivity index (χ0n) is 28.0. The number of nitrogens with one attached hydrogen (secondary N) is 3. The first-order valence-electron chi connectivity index (χ1n) is 17.0. The van der Waals surface area contributed by atoms with Crippen LogP contribution >= 0.6 is 0 Å². The number of hydrogen-bond donors (Lipinski definition) is 4. The van der Waals surface area contributed by atoms with E-state index < -0.39 is 24.3 Å². The lowest BCUT2D eigenvalue weighted by atomic mass is 10.0. The summed E-state index contributed by atoms with van der Waals surface area (Å²) in [4.78, 5) is 70.1. The van der Waals surface area contributed by atoms with Gasteiger partial charge in [0.05, 0.1) is 43.0 Å². The molecule has 5 heterocycles. The molecule has 260 valence electrons. The molecule has 2 aromatic heterocycles. The molecule has 4 aromatic rings. The van der Waals surface area contributed by atoms with E-state index in [0.717, 1.165) is 59.3 Å². The molecule has 3 aliphatic rings. The number of imidazole rings is 2. The number of likely N-dealkylation sites (tertiary alicyclic amines) is 3. The van der Waals surface area contributed by atoms with Crippen LogP contribution in [0.3, 0.4) is 0 Å². The number of ether oxygens (including phenoxy) is 1. The van der Waals surface area contributed by atoms with Gasteiger partial charge >= 0.3 is 12.2 Å². The number of hydrogen-bond acceptors (Lipinski definition) is 7. The van der Waals surface area contributed by atoms with E-state index in [1.807, 2.05) is 24.3 Å². The molecule has 4 amide bonds. The number of alkyl carbamates (subject to hydrolysis) is 1. The third kappa shape index (κ3) is 6.28.